The molecule has 0 aliphatic heterocycles. The van der Waals surface area contributed by atoms with Crippen LogP contribution in [0.25, 0.3) is 5.57 Å². The van der Waals surface area contributed by atoms with Crippen molar-refractivity contribution < 1.29 is 0 Å². The Balaban J connectivity index is 2.21. The Morgan fingerprint density at radius 3 is 1.73 bits per heavy atom. The van der Waals surface area contributed by atoms with E-state index in [1.54, 1.807) is 0 Å². The summed E-state index contributed by atoms with van der Waals surface area (Å²) in [7, 11) is 0. The summed E-state index contributed by atoms with van der Waals surface area (Å²) < 4.78 is 0. The van der Waals surface area contributed by atoms with Crippen LogP contribution in [0.1, 0.15) is 106 Å². The number of benzene rings is 1. The van der Waals surface area contributed by atoms with Gasteiger partial charge in [0.25, 0.3) is 0 Å². The van der Waals surface area contributed by atoms with Gasteiger partial charge >= 0.3 is 0 Å². The van der Waals surface area contributed by atoms with Gasteiger partial charge in [0.2, 0.25) is 0 Å². The molecule has 180 valence electrons. The molecule has 0 N–H and O–H groups in total. The van der Waals surface area contributed by atoms with Crippen molar-refractivity contribution in [1.29, 1.82) is 0 Å². The van der Waals surface area contributed by atoms with Gasteiger partial charge < -0.3 is 0 Å². The molecule has 1 aromatic rings. The van der Waals surface area contributed by atoms with Gasteiger partial charge in [-0.1, -0.05) is 138 Å². The van der Waals surface area contributed by atoms with E-state index in [2.05, 4.69) is 138 Å². The molecule has 2 atom stereocenters. The summed E-state index contributed by atoms with van der Waals surface area (Å²) in [6, 6.07) is 7.36. The van der Waals surface area contributed by atoms with Crippen molar-refractivity contribution in [2.45, 2.75) is 100 Å². The SMILES string of the molecule is CC(C)(C)C1=CC(C2C=CC=C2c2cc(C(C)(C)C)cc(C(C)(C)C)c2)(C(C)(C)C)CC=C1. The summed E-state index contributed by atoms with van der Waals surface area (Å²) in [5.41, 5.74) is 7.73. The van der Waals surface area contributed by atoms with E-state index < -0.39 is 0 Å². The minimum Gasteiger partial charge on any atom is -0.0833 e. The first-order valence-corrected chi connectivity index (χ1v) is 12.8. The molecule has 0 fully saturated rings. The summed E-state index contributed by atoms with van der Waals surface area (Å²) in [5, 5.41) is 0. The summed E-state index contributed by atoms with van der Waals surface area (Å²) in [6.07, 6.45) is 15.7. The molecule has 2 unspecified atom stereocenters. The maximum Gasteiger partial charge on any atom is 0.0126 e. The first-order valence-electron chi connectivity index (χ1n) is 12.8. The largest absolute Gasteiger partial charge is 0.0833 e. The Labute approximate surface area is 205 Å². The van der Waals surface area contributed by atoms with Crippen molar-refractivity contribution in [3.05, 3.63) is 76.9 Å². The Bertz CT molecular complexity index is 978. The van der Waals surface area contributed by atoms with Crippen LogP contribution in [-0.4, -0.2) is 0 Å². The predicted molar refractivity (Wildman–Crippen MR) is 148 cm³/mol. The highest BCUT2D eigenvalue weighted by molar-refractivity contribution is 5.76. The van der Waals surface area contributed by atoms with Gasteiger partial charge in [0.15, 0.2) is 0 Å². The predicted octanol–water partition coefficient (Wildman–Crippen LogP) is 9.82. The van der Waals surface area contributed by atoms with E-state index in [-0.39, 0.29) is 27.1 Å². The highest BCUT2D eigenvalue weighted by atomic mass is 14.5. The van der Waals surface area contributed by atoms with Crippen LogP contribution in [-0.2, 0) is 10.8 Å². The number of rotatable bonds is 2. The lowest BCUT2D eigenvalue weighted by Crippen LogP contribution is -2.42. The second-order valence-electron chi connectivity index (χ2n) is 14.5. The van der Waals surface area contributed by atoms with Crippen LogP contribution in [0, 0.1) is 22.2 Å². The molecule has 0 saturated heterocycles. The zero-order valence-electron chi connectivity index (χ0n) is 23.5. The Hall–Kier alpha value is -1.82. The zero-order chi connectivity index (χ0) is 25.0. The lowest BCUT2D eigenvalue weighted by molar-refractivity contribution is 0.116. The zero-order valence-corrected chi connectivity index (χ0v) is 23.5. The standard InChI is InChI=1S/C33H48/c1-29(2,3)24-15-14-18-33(22-24,32(10,11)12)28-17-13-16-27(28)23-19-25(30(4,5)6)21-26(20-23)31(7,8)9/h13-17,19-22,28H,18H2,1-12H3. The molecule has 0 aromatic heterocycles. The van der Waals surface area contributed by atoms with Crippen molar-refractivity contribution in [3.63, 3.8) is 0 Å². The molecule has 2 aliphatic carbocycles. The minimum atomic E-state index is 0.0445. The van der Waals surface area contributed by atoms with E-state index in [1.807, 2.05) is 0 Å². The van der Waals surface area contributed by atoms with Gasteiger partial charge in [-0.25, -0.2) is 0 Å². The Kier molecular flexibility index (Phi) is 6.36. The monoisotopic (exact) mass is 444 g/mol. The maximum absolute atomic E-state index is 2.64. The third kappa shape index (κ3) is 5.01. The van der Waals surface area contributed by atoms with E-state index in [1.165, 1.54) is 27.8 Å². The molecular weight excluding hydrogens is 396 g/mol. The fourth-order valence-corrected chi connectivity index (χ4v) is 5.30. The van der Waals surface area contributed by atoms with E-state index in [0.717, 1.165) is 6.42 Å². The number of hydrogen-bond acceptors (Lipinski definition) is 0. The van der Waals surface area contributed by atoms with Crippen LogP contribution in [0.2, 0.25) is 0 Å². The van der Waals surface area contributed by atoms with E-state index in [0.29, 0.717) is 5.92 Å². The topological polar surface area (TPSA) is 0 Å². The van der Waals surface area contributed by atoms with Crippen molar-refractivity contribution >= 4 is 5.57 Å². The molecule has 0 saturated carbocycles. The lowest BCUT2D eigenvalue weighted by Gasteiger charge is -2.50. The Morgan fingerprint density at radius 2 is 1.27 bits per heavy atom. The van der Waals surface area contributed by atoms with Crippen LogP contribution >= 0.6 is 0 Å². The highest BCUT2D eigenvalue weighted by Crippen LogP contribution is 2.58. The molecule has 3 rings (SSSR count). The third-order valence-electron chi connectivity index (χ3n) is 7.90. The van der Waals surface area contributed by atoms with E-state index >= 15 is 0 Å². The summed E-state index contributed by atoms with van der Waals surface area (Å²) >= 11 is 0. The van der Waals surface area contributed by atoms with Gasteiger partial charge in [-0.15, -0.1) is 0 Å². The average molecular weight is 445 g/mol. The van der Waals surface area contributed by atoms with Crippen molar-refractivity contribution in [1.82, 2.24) is 0 Å². The molecule has 2 aliphatic rings. The molecule has 0 heteroatoms. The fourth-order valence-electron chi connectivity index (χ4n) is 5.30. The van der Waals surface area contributed by atoms with Crippen molar-refractivity contribution in [3.8, 4) is 0 Å². The highest BCUT2D eigenvalue weighted by Gasteiger charge is 2.48. The maximum atomic E-state index is 2.64. The Morgan fingerprint density at radius 1 is 0.727 bits per heavy atom. The van der Waals surface area contributed by atoms with Gasteiger partial charge in [-0.05, 0) is 55.9 Å². The molecule has 0 heterocycles. The molecule has 0 nitrogen and oxygen atoms in total. The third-order valence-corrected chi connectivity index (χ3v) is 7.90. The molecule has 1 aromatic carbocycles. The molecular formula is C33H48. The molecule has 0 spiro atoms. The average Bonchev–Trinajstić information content (AvgIpc) is 3.15. The normalized spacial score (nSPS) is 24.2. The lowest BCUT2D eigenvalue weighted by atomic mass is 9.54. The number of allylic oxidation sites excluding steroid dienone is 8. The van der Waals surface area contributed by atoms with Crippen LogP contribution in [0.3, 0.4) is 0 Å². The van der Waals surface area contributed by atoms with Crippen LogP contribution in [0.15, 0.2) is 60.2 Å². The summed E-state index contributed by atoms with van der Waals surface area (Å²) in [5.74, 6) is 0.364. The van der Waals surface area contributed by atoms with Gasteiger partial charge in [0.1, 0.15) is 0 Å². The van der Waals surface area contributed by atoms with Crippen LogP contribution in [0.4, 0.5) is 0 Å². The van der Waals surface area contributed by atoms with Gasteiger partial charge in [0, 0.05) is 11.3 Å². The van der Waals surface area contributed by atoms with Crippen molar-refractivity contribution in [2.75, 3.05) is 0 Å². The van der Waals surface area contributed by atoms with Crippen molar-refractivity contribution in [2.24, 2.45) is 22.2 Å². The first kappa shape index (κ1) is 25.8. The van der Waals surface area contributed by atoms with E-state index in [4.69, 9.17) is 0 Å². The fraction of sp³-hybridized carbons (Fsp3) is 0.576. The first-order chi connectivity index (χ1) is 14.9. The molecule has 33 heavy (non-hydrogen) atoms. The van der Waals surface area contributed by atoms with Crippen LogP contribution in [0.5, 0.6) is 0 Å². The second-order valence-corrected chi connectivity index (χ2v) is 14.5. The van der Waals surface area contributed by atoms with Gasteiger partial charge in [-0.2, -0.15) is 0 Å². The molecule has 0 amide bonds. The summed E-state index contributed by atoms with van der Waals surface area (Å²) in [6.45, 7) is 28.3. The minimum absolute atomic E-state index is 0.0445. The van der Waals surface area contributed by atoms with E-state index in [9.17, 15) is 0 Å². The molecule has 0 radical (unpaired) electrons. The van der Waals surface area contributed by atoms with Gasteiger partial charge in [-0.3, -0.25) is 0 Å². The quantitative estimate of drug-likeness (QED) is 0.426. The smallest absolute Gasteiger partial charge is 0.0126 e. The van der Waals surface area contributed by atoms with Gasteiger partial charge in [0.05, 0.1) is 0 Å². The van der Waals surface area contributed by atoms with Crippen LogP contribution < -0.4 is 0 Å². The second kappa shape index (κ2) is 8.14. The summed E-state index contributed by atoms with van der Waals surface area (Å²) in [4.78, 5) is 0. The number of hydrogen-bond donors (Lipinski definition) is 0. The molecule has 0 bridgehead atoms.